The lowest BCUT2D eigenvalue weighted by molar-refractivity contribution is -0.123. The number of nitrogens with one attached hydrogen (secondary N) is 1. The number of carbonyl (C=O) groups is 1. The maximum atomic E-state index is 11.6. The minimum Gasteiger partial charge on any atom is -0.497 e. The molecule has 2 rings (SSSR count). The number of carbonyl (C=O) groups excluding carboxylic acids is 1. The summed E-state index contributed by atoms with van der Waals surface area (Å²) in [6.07, 6.45) is 1.56. The molecule has 22 heavy (non-hydrogen) atoms. The SMILES string of the molecule is COc1cccc(OCC(=O)N/N=C/c2cccc(Br)c2)c1. The summed E-state index contributed by atoms with van der Waals surface area (Å²) in [5.74, 6) is 0.894. The zero-order valence-corrected chi connectivity index (χ0v) is 13.5. The minimum absolute atomic E-state index is 0.122. The first kappa shape index (κ1) is 16.0. The van der Waals surface area contributed by atoms with Crippen LogP contribution in [0.4, 0.5) is 0 Å². The lowest BCUT2D eigenvalue weighted by atomic mass is 10.2. The van der Waals surface area contributed by atoms with Gasteiger partial charge in [-0.25, -0.2) is 5.43 Å². The number of rotatable bonds is 6. The molecule has 5 nitrogen and oxygen atoms in total. The van der Waals surface area contributed by atoms with E-state index in [0.717, 1.165) is 10.0 Å². The summed E-state index contributed by atoms with van der Waals surface area (Å²) >= 11 is 3.37. The molecule has 0 aliphatic heterocycles. The van der Waals surface area contributed by atoms with Gasteiger partial charge in [0.1, 0.15) is 11.5 Å². The van der Waals surface area contributed by atoms with Gasteiger partial charge in [0.05, 0.1) is 13.3 Å². The largest absolute Gasteiger partial charge is 0.497 e. The number of hydrazone groups is 1. The van der Waals surface area contributed by atoms with E-state index in [4.69, 9.17) is 9.47 Å². The smallest absolute Gasteiger partial charge is 0.277 e. The van der Waals surface area contributed by atoms with Crippen LogP contribution in [0.5, 0.6) is 11.5 Å². The van der Waals surface area contributed by atoms with Gasteiger partial charge in [-0.1, -0.05) is 34.1 Å². The van der Waals surface area contributed by atoms with Crippen LogP contribution in [0, 0.1) is 0 Å². The number of methoxy groups -OCH3 is 1. The van der Waals surface area contributed by atoms with Gasteiger partial charge >= 0.3 is 0 Å². The van der Waals surface area contributed by atoms with Crippen LogP contribution in [0.25, 0.3) is 0 Å². The molecule has 0 saturated heterocycles. The van der Waals surface area contributed by atoms with Crippen molar-refractivity contribution in [1.29, 1.82) is 0 Å². The molecule has 0 radical (unpaired) electrons. The van der Waals surface area contributed by atoms with Gasteiger partial charge in [0.25, 0.3) is 5.91 Å². The van der Waals surface area contributed by atoms with Crippen LogP contribution >= 0.6 is 15.9 Å². The number of ether oxygens (including phenoxy) is 2. The average molecular weight is 363 g/mol. The van der Waals surface area contributed by atoms with E-state index in [-0.39, 0.29) is 12.5 Å². The molecular weight excluding hydrogens is 348 g/mol. The van der Waals surface area contributed by atoms with E-state index in [1.165, 1.54) is 0 Å². The van der Waals surface area contributed by atoms with Crippen molar-refractivity contribution in [3.8, 4) is 11.5 Å². The highest BCUT2D eigenvalue weighted by Gasteiger charge is 2.02. The molecule has 0 aliphatic rings. The van der Waals surface area contributed by atoms with Crippen molar-refractivity contribution in [2.75, 3.05) is 13.7 Å². The van der Waals surface area contributed by atoms with Gasteiger partial charge in [0, 0.05) is 10.5 Å². The first-order chi connectivity index (χ1) is 10.7. The molecule has 1 N–H and O–H groups in total. The van der Waals surface area contributed by atoms with Crippen LogP contribution in [0.2, 0.25) is 0 Å². The van der Waals surface area contributed by atoms with Crippen molar-refractivity contribution in [3.05, 3.63) is 58.6 Å². The molecule has 6 heteroatoms. The molecule has 1 amide bonds. The molecular formula is C16H15BrN2O3. The van der Waals surface area contributed by atoms with Crippen molar-refractivity contribution < 1.29 is 14.3 Å². The van der Waals surface area contributed by atoms with Crippen LogP contribution in [-0.2, 0) is 4.79 Å². The van der Waals surface area contributed by atoms with Crippen molar-refractivity contribution in [2.24, 2.45) is 5.10 Å². The highest BCUT2D eigenvalue weighted by atomic mass is 79.9. The van der Waals surface area contributed by atoms with Crippen LogP contribution < -0.4 is 14.9 Å². The Hall–Kier alpha value is -2.34. The van der Waals surface area contributed by atoms with Gasteiger partial charge in [-0.3, -0.25) is 4.79 Å². The van der Waals surface area contributed by atoms with Gasteiger partial charge in [-0.05, 0) is 29.8 Å². The third-order valence-corrected chi connectivity index (χ3v) is 3.16. The van der Waals surface area contributed by atoms with E-state index in [1.54, 1.807) is 37.6 Å². The topological polar surface area (TPSA) is 59.9 Å². The second-order valence-corrected chi connectivity index (χ2v) is 5.23. The van der Waals surface area contributed by atoms with Gasteiger partial charge in [0.2, 0.25) is 0 Å². The molecule has 0 heterocycles. The standard InChI is InChI=1S/C16H15BrN2O3/c1-21-14-6-3-7-15(9-14)22-11-16(20)19-18-10-12-4-2-5-13(17)8-12/h2-10H,11H2,1H3,(H,19,20)/b18-10+. The van der Waals surface area contributed by atoms with Gasteiger partial charge < -0.3 is 9.47 Å². The molecule has 0 unspecified atom stereocenters. The Balaban J connectivity index is 1.80. The first-order valence-electron chi connectivity index (χ1n) is 6.52. The Morgan fingerprint density at radius 3 is 2.77 bits per heavy atom. The summed E-state index contributed by atoms with van der Waals surface area (Å²) in [5, 5.41) is 3.88. The molecule has 114 valence electrons. The van der Waals surface area contributed by atoms with E-state index in [2.05, 4.69) is 26.5 Å². The van der Waals surface area contributed by atoms with E-state index >= 15 is 0 Å². The molecule has 0 fully saturated rings. The maximum Gasteiger partial charge on any atom is 0.277 e. The molecule has 0 spiro atoms. The van der Waals surface area contributed by atoms with Gasteiger partial charge in [-0.15, -0.1) is 0 Å². The Morgan fingerprint density at radius 2 is 2.00 bits per heavy atom. The fraction of sp³-hybridized carbons (Fsp3) is 0.125. The molecule has 0 bridgehead atoms. The molecule has 2 aromatic carbocycles. The molecule has 0 atom stereocenters. The summed E-state index contributed by atoms with van der Waals surface area (Å²) in [6, 6.07) is 14.6. The van der Waals surface area contributed by atoms with Crippen LogP contribution in [-0.4, -0.2) is 25.8 Å². The summed E-state index contributed by atoms with van der Waals surface area (Å²) in [6.45, 7) is -0.122. The third-order valence-electron chi connectivity index (χ3n) is 2.66. The monoisotopic (exact) mass is 362 g/mol. The summed E-state index contributed by atoms with van der Waals surface area (Å²) in [7, 11) is 1.57. The lowest BCUT2D eigenvalue weighted by Crippen LogP contribution is -2.24. The Morgan fingerprint density at radius 1 is 1.23 bits per heavy atom. The molecule has 0 aliphatic carbocycles. The van der Waals surface area contributed by atoms with Gasteiger partial charge in [-0.2, -0.15) is 5.10 Å². The van der Waals surface area contributed by atoms with Gasteiger partial charge in [0.15, 0.2) is 6.61 Å². The second-order valence-electron chi connectivity index (χ2n) is 4.32. The third kappa shape index (κ3) is 5.21. The molecule has 2 aromatic rings. The summed E-state index contributed by atoms with van der Waals surface area (Å²) < 4.78 is 11.4. The van der Waals surface area contributed by atoms with E-state index in [1.807, 2.05) is 24.3 Å². The Bertz CT molecular complexity index is 674. The maximum absolute atomic E-state index is 11.6. The lowest BCUT2D eigenvalue weighted by Gasteiger charge is -2.06. The number of hydrogen-bond donors (Lipinski definition) is 1. The predicted molar refractivity (Wildman–Crippen MR) is 88.4 cm³/mol. The summed E-state index contributed by atoms with van der Waals surface area (Å²) in [4.78, 5) is 11.6. The van der Waals surface area contributed by atoms with Crippen molar-refractivity contribution in [1.82, 2.24) is 5.43 Å². The minimum atomic E-state index is -0.339. The van der Waals surface area contributed by atoms with E-state index in [9.17, 15) is 4.79 Å². The fourth-order valence-electron chi connectivity index (χ4n) is 1.64. The van der Waals surface area contributed by atoms with Crippen LogP contribution in [0.3, 0.4) is 0 Å². The first-order valence-corrected chi connectivity index (χ1v) is 7.31. The van der Waals surface area contributed by atoms with E-state index < -0.39 is 0 Å². The number of nitrogens with zero attached hydrogens (tertiary/aromatic N) is 1. The van der Waals surface area contributed by atoms with E-state index in [0.29, 0.717) is 11.5 Å². The fourth-order valence-corrected chi connectivity index (χ4v) is 2.05. The van der Waals surface area contributed by atoms with Crippen LogP contribution in [0.1, 0.15) is 5.56 Å². The molecule has 0 saturated carbocycles. The normalized spacial score (nSPS) is 10.5. The highest BCUT2D eigenvalue weighted by molar-refractivity contribution is 9.10. The zero-order chi connectivity index (χ0) is 15.8. The number of halogens is 1. The zero-order valence-electron chi connectivity index (χ0n) is 12.0. The highest BCUT2D eigenvalue weighted by Crippen LogP contribution is 2.18. The Kier molecular flexibility index (Phi) is 5.97. The van der Waals surface area contributed by atoms with Crippen molar-refractivity contribution in [3.63, 3.8) is 0 Å². The van der Waals surface area contributed by atoms with Crippen molar-refractivity contribution >= 4 is 28.1 Å². The Labute approximate surface area is 137 Å². The average Bonchev–Trinajstić information content (AvgIpc) is 2.53. The summed E-state index contributed by atoms with van der Waals surface area (Å²) in [5.41, 5.74) is 3.29. The second kappa shape index (κ2) is 8.19. The predicted octanol–water partition coefficient (Wildman–Crippen LogP) is 2.99. The molecule has 0 aromatic heterocycles. The number of benzene rings is 2. The van der Waals surface area contributed by atoms with Crippen molar-refractivity contribution in [2.45, 2.75) is 0 Å². The van der Waals surface area contributed by atoms with Crippen LogP contribution in [0.15, 0.2) is 58.1 Å². The number of hydrogen-bond acceptors (Lipinski definition) is 4. The number of amides is 1. The quantitative estimate of drug-likeness (QED) is 0.634.